The Kier molecular flexibility index (Phi) is 18.7. The van der Waals surface area contributed by atoms with Gasteiger partial charge < -0.3 is 35.8 Å². The van der Waals surface area contributed by atoms with Gasteiger partial charge in [0.1, 0.15) is 37.5 Å². The molecule has 1 aliphatic carbocycles. The molecule has 0 spiro atoms. The van der Waals surface area contributed by atoms with E-state index in [0.717, 1.165) is 28.8 Å². The molecular formula is C51H62F2N4O8. The molecule has 5 rings (SSSR count). The molecule has 0 radical (unpaired) electrons. The predicted octanol–water partition coefficient (Wildman–Crippen LogP) is 6.53. The summed E-state index contributed by atoms with van der Waals surface area (Å²) in [6.07, 6.45) is 1.20. The Morgan fingerprint density at radius 3 is 2.00 bits per heavy atom. The number of aliphatic hydroxyl groups is 1. The molecule has 12 nitrogen and oxygen atoms in total. The molecule has 65 heavy (non-hydrogen) atoms. The number of nitrogens with two attached hydrogens (primary N) is 1. The van der Waals surface area contributed by atoms with Crippen LogP contribution in [0.1, 0.15) is 87.5 Å². The summed E-state index contributed by atoms with van der Waals surface area (Å²) in [6, 6.07) is 28.7. The van der Waals surface area contributed by atoms with Crippen LogP contribution in [0.3, 0.4) is 0 Å². The lowest BCUT2D eigenvalue weighted by atomic mass is 9.72. The van der Waals surface area contributed by atoms with Gasteiger partial charge in [-0.3, -0.25) is 19.2 Å². The van der Waals surface area contributed by atoms with Gasteiger partial charge in [0.05, 0.1) is 6.04 Å². The first-order valence-corrected chi connectivity index (χ1v) is 22.2. The van der Waals surface area contributed by atoms with Gasteiger partial charge in [-0.25, -0.2) is 13.6 Å². The number of hydrogen-bond acceptors (Lipinski definition) is 9. The van der Waals surface area contributed by atoms with Gasteiger partial charge in [-0.15, -0.1) is 0 Å². The number of ether oxygens (including phenoxy) is 2. The molecule has 1 fully saturated rings. The largest absolute Gasteiger partial charge is 0.461 e. The maximum absolute atomic E-state index is 15.2. The third-order valence-electron chi connectivity index (χ3n) is 12.0. The van der Waals surface area contributed by atoms with Gasteiger partial charge in [-0.05, 0) is 95.7 Å². The molecule has 0 bridgehead atoms. The van der Waals surface area contributed by atoms with Crippen molar-refractivity contribution in [1.29, 1.82) is 0 Å². The first-order chi connectivity index (χ1) is 31.1. The normalized spacial score (nSPS) is 17.3. The van der Waals surface area contributed by atoms with Crippen molar-refractivity contribution < 1.29 is 47.3 Å². The van der Waals surface area contributed by atoms with Crippen molar-refractivity contribution in [3.8, 4) is 0 Å². The van der Waals surface area contributed by atoms with Crippen molar-refractivity contribution in [3.05, 3.63) is 143 Å². The van der Waals surface area contributed by atoms with Crippen LogP contribution in [-0.2, 0) is 53.1 Å². The molecule has 0 aliphatic heterocycles. The Morgan fingerprint density at radius 1 is 0.800 bits per heavy atom. The number of benzene rings is 4. The lowest BCUT2D eigenvalue weighted by Gasteiger charge is -2.46. The second-order valence-corrected chi connectivity index (χ2v) is 17.8. The molecule has 4 aromatic rings. The Balaban J connectivity index is 1.20. The third-order valence-corrected chi connectivity index (χ3v) is 12.0. The molecule has 6 atom stereocenters. The third kappa shape index (κ3) is 15.3. The zero-order valence-electron chi connectivity index (χ0n) is 37.4. The monoisotopic (exact) mass is 896 g/mol. The van der Waals surface area contributed by atoms with E-state index >= 15 is 4.39 Å². The van der Waals surface area contributed by atoms with Crippen LogP contribution in [0, 0.1) is 28.9 Å². The highest BCUT2D eigenvalue weighted by atomic mass is 19.1. The SMILES string of the molecule is CC(C)(C)[C@H](C1CC(c2cc(F)ccc2F)CC1Cc1ccccc1)N(CC[C@H](N)C(=O)NCCC(=O)N[C@H](CCC(=O)OCc1ccccc1)C(=O)OCc1ccccc1)C(=O)CO. The van der Waals surface area contributed by atoms with E-state index < -0.39 is 71.4 Å². The van der Waals surface area contributed by atoms with Crippen LogP contribution in [-0.4, -0.2) is 77.5 Å². The first-order valence-electron chi connectivity index (χ1n) is 22.2. The molecular weight excluding hydrogens is 835 g/mol. The molecule has 0 heterocycles. The Bertz CT molecular complexity index is 2170. The first kappa shape index (κ1) is 50.0. The van der Waals surface area contributed by atoms with Gasteiger partial charge >= 0.3 is 11.9 Å². The van der Waals surface area contributed by atoms with E-state index in [-0.39, 0.29) is 69.7 Å². The minimum absolute atomic E-state index is 0.0179. The molecule has 14 heteroatoms. The molecule has 1 saturated carbocycles. The minimum atomic E-state index is -1.17. The lowest BCUT2D eigenvalue weighted by Crippen LogP contribution is -2.55. The second kappa shape index (κ2) is 24.3. The fraction of sp³-hybridized carbons (Fsp3) is 0.431. The van der Waals surface area contributed by atoms with E-state index in [9.17, 15) is 33.5 Å². The standard InChI is InChI=1S/C51H62F2N4O8/c1-51(2,3)48(41-29-38(40-30-39(52)19-20-42(40)53)28-37(41)27-34-13-7-4-8-14-34)57(46(60)31-58)26-24-43(54)49(62)55-25-23-45(59)56-44(50(63)65-33-36-17-11-6-12-18-36)21-22-47(61)64-32-35-15-9-5-10-16-35/h4-20,30,37-38,41,43-44,48,58H,21-29,31-33,54H2,1-3H3,(H,55,62)(H,56,59)/t37?,38?,41?,43-,44+,48-/m0/s1. The molecule has 0 aromatic heterocycles. The van der Waals surface area contributed by atoms with Crippen LogP contribution in [0.15, 0.2) is 109 Å². The van der Waals surface area contributed by atoms with Crippen LogP contribution in [0.2, 0.25) is 0 Å². The van der Waals surface area contributed by atoms with Gasteiger partial charge in [-0.1, -0.05) is 112 Å². The van der Waals surface area contributed by atoms with Crippen molar-refractivity contribution in [3.63, 3.8) is 0 Å². The maximum Gasteiger partial charge on any atom is 0.328 e. The summed E-state index contributed by atoms with van der Waals surface area (Å²) in [6.45, 7) is 5.10. The number of aliphatic hydroxyl groups excluding tert-OH is 1. The van der Waals surface area contributed by atoms with Crippen LogP contribution in [0.5, 0.6) is 0 Å². The summed E-state index contributed by atoms with van der Waals surface area (Å²) < 4.78 is 40.5. The van der Waals surface area contributed by atoms with Crippen molar-refractivity contribution in [1.82, 2.24) is 15.5 Å². The predicted molar refractivity (Wildman–Crippen MR) is 241 cm³/mol. The summed E-state index contributed by atoms with van der Waals surface area (Å²) in [5.41, 5.74) is 8.73. The van der Waals surface area contributed by atoms with Crippen molar-refractivity contribution in [2.75, 3.05) is 19.7 Å². The number of nitrogens with one attached hydrogen (secondary N) is 2. The zero-order valence-corrected chi connectivity index (χ0v) is 37.4. The molecule has 5 N–H and O–H groups in total. The van der Waals surface area contributed by atoms with Crippen molar-refractivity contribution in [2.45, 2.75) is 103 Å². The van der Waals surface area contributed by atoms with Crippen LogP contribution in [0.25, 0.3) is 0 Å². The average Bonchev–Trinajstić information content (AvgIpc) is 3.70. The summed E-state index contributed by atoms with van der Waals surface area (Å²) in [5.74, 6) is -4.56. The van der Waals surface area contributed by atoms with Crippen LogP contribution < -0.4 is 16.4 Å². The number of nitrogens with zero attached hydrogens (tertiary/aromatic N) is 1. The molecule has 0 saturated heterocycles. The summed E-state index contributed by atoms with van der Waals surface area (Å²) in [5, 5.41) is 15.5. The maximum atomic E-state index is 15.2. The summed E-state index contributed by atoms with van der Waals surface area (Å²) in [4.78, 5) is 67.4. The van der Waals surface area contributed by atoms with E-state index in [1.54, 1.807) is 29.2 Å². The van der Waals surface area contributed by atoms with Gasteiger partial charge in [0.15, 0.2) is 0 Å². The average molecular weight is 897 g/mol. The van der Waals surface area contributed by atoms with Crippen molar-refractivity contribution >= 4 is 29.7 Å². The second-order valence-electron chi connectivity index (χ2n) is 17.8. The number of halogens is 2. The summed E-state index contributed by atoms with van der Waals surface area (Å²) >= 11 is 0. The Morgan fingerprint density at radius 2 is 1.40 bits per heavy atom. The molecule has 3 amide bonds. The topological polar surface area (TPSA) is 177 Å². The lowest BCUT2D eigenvalue weighted by molar-refractivity contribution is -0.150. The number of hydrogen-bond donors (Lipinski definition) is 4. The van der Waals surface area contributed by atoms with Crippen LogP contribution >= 0.6 is 0 Å². The highest BCUT2D eigenvalue weighted by molar-refractivity contribution is 5.86. The zero-order chi connectivity index (χ0) is 46.9. The van der Waals surface area contributed by atoms with E-state index in [0.29, 0.717) is 24.8 Å². The van der Waals surface area contributed by atoms with Gasteiger partial charge in [-0.2, -0.15) is 0 Å². The number of rotatable bonds is 22. The molecule has 348 valence electrons. The fourth-order valence-electron chi connectivity index (χ4n) is 8.88. The van der Waals surface area contributed by atoms with E-state index in [2.05, 4.69) is 10.6 Å². The highest BCUT2D eigenvalue weighted by Crippen LogP contribution is 2.50. The quantitative estimate of drug-likeness (QED) is 0.0640. The van der Waals surface area contributed by atoms with E-state index in [1.165, 1.54) is 6.07 Å². The van der Waals surface area contributed by atoms with Gasteiger partial charge in [0.25, 0.3) is 0 Å². The molecule has 3 unspecified atom stereocenters. The smallest absolute Gasteiger partial charge is 0.328 e. The Labute approximate surface area is 380 Å². The van der Waals surface area contributed by atoms with E-state index in [1.807, 2.05) is 87.5 Å². The number of esters is 2. The van der Waals surface area contributed by atoms with E-state index in [4.69, 9.17) is 15.2 Å². The fourth-order valence-corrected chi connectivity index (χ4v) is 8.88. The highest BCUT2D eigenvalue weighted by Gasteiger charge is 2.47. The minimum Gasteiger partial charge on any atom is -0.461 e. The molecule has 4 aromatic carbocycles. The van der Waals surface area contributed by atoms with Gasteiger partial charge in [0, 0.05) is 32.0 Å². The number of amides is 3. The number of carbonyl (C=O) groups excluding carboxylic acids is 5. The Hall–Kier alpha value is -5.99. The molecule has 1 aliphatic rings. The number of carbonyl (C=O) groups is 5. The van der Waals surface area contributed by atoms with Gasteiger partial charge in [0.2, 0.25) is 17.7 Å². The van der Waals surface area contributed by atoms with Crippen molar-refractivity contribution in [2.24, 2.45) is 23.0 Å². The summed E-state index contributed by atoms with van der Waals surface area (Å²) in [7, 11) is 0. The van der Waals surface area contributed by atoms with Crippen LogP contribution in [0.4, 0.5) is 8.78 Å².